The van der Waals surface area contributed by atoms with Gasteiger partial charge >= 0.3 is 4.87 Å². The van der Waals surface area contributed by atoms with E-state index in [1.165, 1.54) is 16.7 Å². The van der Waals surface area contributed by atoms with Crippen LogP contribution in [0.5, 0.6) is 0 Å². The topological polar surface area (TPSA) is 70.2 Å². The molecule has 2 amide bonds. The minimum absolute atomic E-state index is 0.173. The van der Waals surface area contributed by atoms with Crippen molar-refractivity contribution in [2.45, 2.75) is 16.2 Å². The Morgan fingerprint density at radius 1 is 0.929 bits per heavy atom. The number of aromatic amines is 1. The number of amides is 2. The zero-order valence-corrected chi connectivity index (χ0v) is 16.7. The van der Waals surface area contributed by atoms with Crippen LogP contribution in [0.1, 0.15) is 16.4 Å². The number of nitrogens with zero attached hydrogens (tertiary/aromatic N) is 1. The van der Waals surface area contributed by atoms with E-state index in [9.17, 15) is 14.4 Å². The van der Waals surface area contributed by atoms with Crippen LogP contribution in [-0.4, -0.2) is 22.0 Å². The summed E-state index contributed by atoms with van der Waals surface area (Å²) < 4.78 is 0. The highest BCUT2D eigenvalue weighted by Gasteiger charge is 2.56. The Labute approximate surface area is 173 Å². The van der Waals surface area contributed by atoms with Gasteiger partial charge in [-0.1, -0.05) is 65.0 Å². The molecule has 3 aromatic rings. The number of carbonyl (C=O) groups excluding carboxylic acids is 2. The third kappa shape index (κ3) is 2.65. The van der Waals surface area contributed by atoms with Gasteiger partial charge in [-0.2, -0.15) is 0 Å². The molecule has 28 heavy (non-hydrogen) atoms. The van der Waals surface area contributed by atoms with Crippen molar-refractivity contribution in [3.8, 4) is 0 Å². The van der Waals surface area contributed by atoms with Crippen LogP contribution in [0.2, 0.25) is 5.02 Å². The lowest BCUT2D eigenvalue weighted by molar-refractivity contribution is -0.122. The Balaban J connectivity index is 1.65. The number of imide groups is 1. The van der Waals surface area contributed by atoms with Crippen molar-refractivity contribution < 1.29 is 9.59 Å². The van der Waals surface area contributed by atoms with Gasteiger partial charge in [0.2, 0.25) is 11.8 Å². The van der Waals surface area contributed by atoms with Crippen LogP contribution < -0.4 is 9.77 Å². The Kier molecular flexibility index (Phi) is 4.19. The van der Waals surface area contributed by atoms with Crippen LogP contribution >= 0.6 is 34.7 Å². The summed E-state index contributed by atoms with van der Waals surface area (Å²) in [6, 6.07) is 16.3. The first-order valence-corrected chi connectivity index (χ1v) is 10.7. The van der Waals surface area contributed by atoms with Crippen LogP contribution in [0.3, 0.4) is 0 Å². The van der Waals surface area contributed by atoms with E-state index in [2.05, 4.69) is 4.98 Å². The van der Waals surface area contributed by atoms with E-state index in [1.54, 1.807) is 24.3 Å². The second kappa shape index (κ2) is 6.62. The monoisotopic (exact) mass is 428 g/mol. The number of carbonyl (C=O) groups is 2. The van der Waals surface area contributed by atoms with Gasteiger partial charge in [-0.05, 0) is 29.8 Å². The molecule has 1 N–H and O–H groups in total. The van der Waals surface area contributed by atoms with Crippen LogP contribution in [0.25, 0.3) is 0 Å². The molecule has 1 aromatic heterocycles. The molecule has 3 heterocycles. The molecule has 0 saturated carbocycles. The number of aromatic nitrogens is 1. The predicted octanol–water partition coefficient (Wildman–Crippen LogP) is 3.89. The van der Waals surface area contributed by atoms with Gasteiger partial charge in [-0.15, -0.1) is 0 Å². The Hall–Kier alpha value is -2.35. The second-order valence-corrected chi connectivity index (χ2v) is 9.25. The molecule has 5 nitrogen and oxygen atoms in total. The molecule has 0 bridgehead atoms. The van der Waals surface area contributed by atoms with Crippen LogP contribution in [0.4, 0.5) is 5.69 Å². The third-order valence-electron chi connectivity index (χ3n) is 5.07. The lowest BCUT2D eigenvalue weighted by Gasteiger charge is -2.29. The van der Waals surface area contributed by atoms with Crippen molar-refractivity contribution in [3.63, 3.8) is 0 Å². The first kappa shape index (κ1) is 17.7. The van der Waals surface area contributed by atoms with Crippen LogP contribution in [0.15, 0.2) is 64.4 Å². The number of hydrogen-bond acceptors (Lipinski definition) is 5. The first-order valence-electron chi connectivity index (χ1n) is 8.62. The number of benzene rings is 2. The molecule has 8 heteroatoms. The van der Waals surface area contributed by atoms with E-state index >= 15 is 0 Å². The maximum absolute atomic E-state index is 13.4. The van der Waals surface area contributed by atoms with Crippen molar-refractivity contribution in [2.24, 2.45) is 5.92 Å². The van der Waals surface area contributed by atoms with E-state index in [1.807, 2.05) is 30.3 Å². The van der Waals surface area contributed by atoms with E-state index in [-0.39, 0.29) is 22.6 Å². The predicted molar refractivity (Wildman–Crippen MR) is 110 cm³/mol. The molecule has 2 aromatic carbocycles. The fraction of sp³-hybridized carbons (Fsp3) is 0.150. The Morgan fingerprint density at radius 3 is 2.36 bits per heavy atom. The summed E-state index contributed by atoms with van der Waals surface area (Å²) in [7, 11) is 0. The number of anilines is 1. The van der Waals surface area contributed by atoms with E-state index in [0.29, 0.717) is 15.7 Å². The molecular formula is C20H13ClN2O3S2. The summed E-state index contributed by atoms with van der Waals surface area (Å²) in [4.78, 5) is 43.3. The summed E-state index contributed by atoms with van der Waals surface area (Å²) in [5.41, 5.74) is 1.44. The smallest absolute Gasteiger partial charge is 0.305 e. The number of thiazole rings is 1. The van der Waals surface area contributed by atoms with Gasteiger partial charge < -0.3 is 4.98 Å². The number of thioether (sulfide) groups is 1. The quantitative estimate of drug-likeness (QED) is 0.629. The number of halogens is 1. The highest BCUT2D eigenvalue weighted by atomic mass is 35.5. The molecular weight excluding hydrogens is 416 g/mol. The lowest BCUT2D eigenvalue weighted by Crippen LogP contribution is -2.32. The minimum Gasteiger partial charge on any atom is -0.307 e. The van der Waals surface area contributed by atoms with Crippen molar-refractivity contribution in [1.82, 2.24) is 4.98 Å². The third-order valence-corrected chi connectivity index (χ3v) is 7.72. The fourth-order valence-electron chi connectivity index (χ4n) is 3.88. The van der Waals surface area contributed by atoms with Crippen LogP contribution in [-0.2, 0) is 9.59 Å². The summed E-state index contributed by atoms with van der Waals surface area (Å²) in [5, 5.41) is 0.645. The standard InChI is InChI=1S/C20H13ClN2O3S2/c21-11-6-8-12(9-7-11)23-18(24)14-13(10-4-2-1-3-5-10)15-17(22-20(26)28-15)27-16(14)19(23)25/h1-9,13-14,16H,(H,22,26)/t13-,14+,16-/m1/s1. The zero-order chi connectivity index (χ0) is 19.4. The normalized spacial score (nSPS) is 23.6. The Bertz CT molecular complexity index is 1140. The molecule has 0 aliphatic carbocycles. The summed E-state index contributed by atoms with van der Waals surface area (Å²) >= 11 is 8.34. The molecule has 1 fully saturated rings. The van der Waals surface area contributed by atoms with E-state index < -0.39 is 11.2 Å². The van der Waals surface area contributed by atoms with Gasteiger partial charge in [0.15, 0.2) is 0 Å². The van der Waals surface area contributed by atoms with Crippen molar-refractivity contribution >= 4 is 52.2 Å². The molecule has 2 aliphatic rings. The van der Waals surface area contributed by atoms with Gasteiger partial charge in [0, 0.05) is 15.8 Å². The average Bonchev–Trinajstić information content (AvgIpc) is 3.18. The molecule has 0 unspecified atom stereocenters. The highest BCUT2D eigenvalue weighted by molar-refractivity contribution is 8.00. The number of H-pyrrole nitrogens is 1. The molecule has 2 aliphatic heterocycles. The number of fused-ring (bicyclic) bond motifs is 2. The average molecular weight is 429 g/mol. The number of rotatable bonds is 2. The first-order chi connectivity index (χ1) is 13.5. The van der Waals surface area contributed by atoms with Gasteiger partial charge in [-0.25, -0.2) is 4.90 Å². The van der Waals surface area contributed by atoms with Crippen LogP contribution in [0, 0.1) is 5.92 Å². The van der Waals surface area contributed by atoms with Gasteiger partial charge in [0.05, 0.1) is 16.6 Å². The van der Waals surface area contributed by atoms with Gasteiger partial charge in [-0.3, -0.25) is 14.4 Å². The molecule has 1 saturated heterocycles. The molecule has 0 radical (unpaired) electrons. The van der Waals surface area contributed by atoms with E-state index in [4.69, 9.17) is 11.6 Å². The summed E-state index contributed by atoms with van der Waals surface area (Å²) in [6.07, 6.45) is 0. The van der Waals surface area contributed by atoms with Crippen molar-refractivity contribution in [3.05, 3.63) is 79.7 Å². The second-order valence-electron chi connectivity index (χ2n) is 6.65. The summed E-state index contributed by atoms with van der Waals surface area (Å²) in [6.45, 7) is 0. The largest absolute Gasteiger partial charge is 0.307 e. The zero-order valence-electron chi connectivity index (χ0n) is 14.3. The minimum atomic E-state index is -0.578. The Morgan fingerprint density at radius 2 is 1.64 bits per heavy atom. The van der Waals surface area contributed by atoms with Gasteiger partial charge in [0.1, 0.15) is 5.25 Å². The molecule has 140 valence electrons. The molecule has 0 spiro atoms. The summed E-state index contributed by atoms with van der Waals surface area (Å²) in [5.74, 6) is -1.40. The maximum atomic E-state index is 13.4. The maximum Gasteiger partial charge on any atom is 0.305 e. The number of nitrogens with one attached hydrogen (secondary N) is 1. The van der Waals surface area contributed by atoms with Crippen molar-refractivity contribution in [1.29, 1.82) is 0 Å². The molecule has 5 rings (SSSR count). The lowest BCUT2D eigenvalue weighted by atomic mass is 9.83. The van der Waals surface area contributed by atoms with E-state index in [0.717, 1.165) is 21.8 Å². The molecule has 3 atom stereocenters. The SMILES string of the molecule is O=C1[C@H]2[C@@H](c3ccccc3)c3sc(=O)[nH]c3S[C@H]2C(=O)N1c1ccc(Cl)cc1. The van der Waals surface area contributed by atoms with Gasteiger partial charge in [0.25, 0.3) is 0 Å². The fourth-order valence-corrected chi connectivity index (χ4v) is 6.52. The number of hydrogen-bond donors (Lipinski definition) is 1. The highest BCUT2D eigenvalue weighted by Crippen LogP contribution is 2.53. The van der Waals surface area contributed by atoms with Crippen molar-refractivity contribution in [2.75, 3.05) is 4.90 Å².